The predicted molar refractivity (Wildman–Crippen MR) is 52.9 cm³/mol. The van der Waals surface area contributed by atoms with E-state index in [9.17, 15) is 0 Å². The Balaban J connectivity index is 2.17. The highest BCUT2D eigenvalue weighted by Gasteiger charge is 2.24. The van der Waals surface area contributed by atoms with Crippen molar-refractivity contribution in [2.45, 2.75) is 32.1 Å². The van der Waals surface area contributed by atoms with Crippen molar-refractivity contribution >= 4 is 0 Å². The van der Waals surface area contributed by atoms with Gasteiger partial charge >= 0.3 is 0 Å². The van der Waals surface area contributed by atoms with Crippen molar-refractivity contribution in [2.24, 2.45) is 0 Å². The number of hydrogen-bond donors (Lipinski definition) is 2. The summed E-state index contributed by atoms with van der Waals surface area (Å²) in [7, 11) is 0. The molecule has 0 radical (unpaired) electrons. The number of imidazole rings is 1. The average molecular weight is 179 g/mol. The lowest BCUT2D eigenvalue weighted by Crippen LogP contribution is -2.40. The molecule has 0 amide bonds. The molecule has 1 saturated heterocycles. The van der Waals surface area contributed by atoms with Gasteiger partial charge < -0.3 is 10.3 Å². The Hall–Kier alpha value is -0.830. The monoisotopic (exact) mass is 179 g/mol. The quantitative estimate of drug-likeness (QED) is 0.684. The molecule has 0 spiro atoms. The lowest BCUT2D eigenvalue weighted by Gasteiger charge is -2.25. The van der Waals surface area contributed by atoms with Crippen molar-refractivity contribution in [3.05, 3.63) is 17.7 Å². The van der Waals surface area contributed by atoms with Crippen LogP contribution in [0.4, 0.5) is 0 Å². The Kier molecular flexibility index (Phi) is 1.91. The molecule has 2 rings (SSSR count). The van der Waals surface area contributed by atoms with E-state index in [2.05, 4.69) is 36.1 Å². The third kappa shape index (κ3) is 1.61. The van der Waals surface area contributed by atoms with Crippen LogP contribution in [-0.2, 0) is 5.41 Å². The van der Waals surface area contributed by atoms with E-state index in [4.69, 9.17) is 0 Å². The second-order valence-corrected chi connectivity index (χ2v) is 4.79. The molecule has 0 atom stereocenters. The third-order valence-corrected chi connectivity index (χ3v) is 2.57. The summed E-state index contributed by atoms with van der Waals surface area (Å²) >= 11 is 0. The van der Waals surface area contributed by atoms with Crippen LogP contribution in [0, 0.1) is 0 Å². The fourth-order valence-electron chi connectivity index (χ4n) is 1.41. The number of hydrogen-bond acceptors (Lipinski definition) is 2. The van der Waals surface area contributed by atoms with E-state index in [1.54, 1.807) is 0 Å². The summed E-state index contributed by atoms with van der Waals surface area (Å²) in [5.74, 6) is 1.75. The van der Waals surface area contributed by atoms with E-state index >= 15 is 0 Å². The molecule has 1 aliphatic heterocycles. The minimum Gasteiger partial charge on any atom is -0.345 e. The van der Waals surface area contributed by atoms with Crippen LogP contribution in [-0.4, -0.2) is 23.1 Å². The summed E-state index contributed by atoms with van der Waals surface area (Å²) in [5, 5.41) is 3.25. The van der Waals surface area contributed by atoms with Crippen molar-refractivity contribution in [2.75, 3.05) is 13.1 Å². The predicted octanol–water partition coefficient (Wildman–Crippen LogP) is 1.39. The van der Waals surface area contributed by atoms with E-state index in [1.165, 1.54) is 5.69 Å². The molecule has 1 aromatic rings. The van der Waals surface area contributed by atoms with Gasteiger partial charge in [0.15, 0.2) is 0 Å². The highest BCUT2D eigenvalue weighted by Crippen LogP contribution is 2.23. The second kappa shape index (κ2) is 2.84. The smallest absolute Gasteiger partial charge is 0.111 e. The van der Waals surface area contributed by atoms with Crippen LogP contribution in [0.3, 0.4) is 0 Å². The summed E-state index contributed by atoms with van der Waals surface area (Å²) in [6, 6.07) is 0. The highest BCUT2D eigenvalue weighted by atomic mass is 15.0. The molecule has 0 aliphatic carbocycles. The molecule has 2 heterocycles. The third-order valence-electron chi connectivity index (χ3n) is 2.57. The molecule has 1 fully saturated rings. The molecular weight excluding hydrogens is 162 g/mol. The lowest BCUT2D eigenvalue weighted by molar-refractivity contribution is 0.431. The maximum atomic E-state index is 4.41. The minimum absolute atomic E-state index is 0.183. The summed E-state index contributed by atoms with van der Waals surface area (Å²) in [6.45, 7) is 8.73. The van der Waals surface area contributed by atoms with Crippen molar-refractivity contribution in [3.63, 3.8) is 0 Å². The number of nitrogens with zero attached hydrogens (tertiary/aromatic N) is 1. The number of nitrogens with one attached hydrogen (secondary N) is 2. The number of aromatic nitrogens is 2. The van der Waals surface area contributed by atoms with Crippen LogP contribution >= 0.6 is 0 Å². The standard InChI is InChI=1S/C10H17N3/c1-10(2,3)8-6-12-9(13-8)7-4-11-5-7/h6-7,11H,4-5H2,1-3H3,(H,12,13). The summed E-state index contributed by atoms with van der Waals surface area (Å²) in [4.78, 5) is 7.81. The van der Waals surface area contributed by atoms with Gasteiger partial charge in [-0.25, -0.2) is 4.98 Å². The van der Waals surface area contributed by atoms with Gasteiger partial charge in [0, 0.05) is 36.3 Å². The maximum Gasteiger partial charge on any atom is 0.111 e. The van der Waals surface area contributed by atoms with Crippen molar-refractivity contribution in [1.29, 1.82) is 0 Å². The molecule has 0 unspecified atom stereocenters. The number of H-pyrrole nitrogens is 1. The van der Waals surface area contributed by atoms with Crippen molar-refractivity contribution < 1.29 is 0 Å². The fourth-order valence-corrected chi connectivity index (χ4v) is 1.41. The average Bonchev–Trinajstić information content (AvgIpc) is 2.29. The first-order valence-electron chi connectivity index (χ1n) is 4.83. The minimum atomic E-state index is 0.183. The zero-order chi connectivity index (χ0) is 9.47. The Morgan fingerprint density at radius 2 is 2.08 bits per heavy atom. The first-order valence-corrected chi connectivity index (χ1v) is 4.83. The molecule has 3 nitrogen and oxygen atoms in total. The first kappa shape index (κ1) is 8.75. The topological polar surface area (TPSA) is 40.7 Å². The molecule has 2 N–H and O–H groups in total. The molecule has 1 aliphatic rings. The molecule has 1 aromatic heterocycles. The molecule has 72 valence electrons. The van der Waals surface area contributed by atoms with Crippen molar-refractivity contribution in [1.82, 2.24) is 15.3 Å². The van der Waals surface area contributed by atoms with Crippen LogP contribution in [0.5, 0.6) is 0 Å². The molecule has 0 bridgehead atoms. The SMILES string of the molecule is CC(C)(C)c1cnc(C2CNC2)[nH]1. The lowest BCUT2D eigenvalue weighted by atomic mass is 9.93. The van der Waals surface area contributed by atoms with Gasteiger partial charge in [0.25, 0.3) is 0 Å². The van der Waals surface area contributed by atoms with Gasteiger partial charge in [0.1, 0.15) is 5.82 Å². The number of rotatable bonds is 1. The van der Waals surface area contributed by atoms with Gasteiger partial charge in [-0.1, -0.05) is 20.8 Å². The largest absolute Gasteiger partial charge is 0.345 e. The van der Waals surface area contributed by atoms with Gasteiger partial charge in [0.2, 0.25) is 0 Å². The Morgan fingerprint density at radius 3 is 2.46 bits per heavy atom. The molecule has 3 heteroatoms. The Labute approximate surface area is 79.0 Å². The van der Waals surface area contributed by atoms with Gasteiger partial charge in [-0.05, 0) is 0 Å². The molecule has 0 aromatic carbocycles. The van der Waals surface area contributed by atoms with E-state index in [0.717, 1.165) is 18.9 Å². The highest BCUT2D eigenvalue weighted by molar-refractivity contribution is 5.15. The fraction of sp³-hybridized carbons (Fsp3) is 0.700. The Bertz CT molecular complexity index is 291. The van der Waals surface area contributed by atoms with Crippen LogP contribution in [0.15, 0.2) is 6.20 Å². The van der Waals surface area contributed by atoms with Gasteiger partial charge in [0.05, 0.1) is 0 Å². The first-order chi connectivity index (χ1) is 6.07. The summed E-state index contributed by atoms with van der Waals surface area (Å²) in [5.41, 5.74) is 1.41. The van der Waals surface area contributed by atoms with Gasteiger partial charge in [-0.2, -0.15) is 0 Å². The maximum absolute atomic E-state index is 4.41. The normalized spacial score (nSPS) is 18.7. The van der Waals surface area contributed by atoms with E-state index < -0.39 is 0 Å². The molecule has 13 heavy (non-hydrogen) atoms. The molecular formula is C10H17N3. The van der Waals surface area contributed by atoms with Crippen LogP contribution in [0.2, 0.25) is 0 Å². The summed E-state index contributed by atoms with van der Waals surface area (Å²) < 4.78 is 0. The van der Waals surface area contributed by atoms with E-state index in [-0.39, 0.29) is 5.41 Å². The van der Waals surface area contributed by atoms with Crippen LogP contribution < -0.4 is 5.32 Å². The van der Waals surface area contributed by atoms with Crippen molar-refractivity contribution in [3.8, 4) is 0 Å². The summed E-state index contributed by atoms with van der Waals surface area (Å²) in [6.07, 6.45) is 1.97. The molecule has 0 saturated carbocycles. The van der Waals surface area contributed by atoms with E-state index in [1.807, 2.05) is 6.20 Å². The van der Waals surface area contributed by atoms with Crippen LogP contribution in [0.1, 0.15) is 38.2 Å². The van der Waals surface area contributed by atoms with Gasteiger partial charge in [-0.3, -0.25) is 0 Å². The van der Waals surface area contributed by atoms with Crippen LogP contribution in [0.25, 0.3) is 0 Å². The zero-order valence-electron chi connectivity index (χ0n) is 8.52. The Morgan fingerprint density at radius 1 is 1.38 bits per heavy atom. The van der Waals surface area contributed by atoms with Gasteiger partial charge in [-0.15, -0.1) is 0 Å². The number of aromatic amines is 1. The van der Waals surface area contributed by atoms with E-state index in [0.29, 0.717) is 5.92 Å². The second-order valence-electron chi connectivity index (χ2n) is 4.79. The zero-order valence-corrected chi connectivity index (χ0v) is 8.52.